The predicted octanol–water partition coefficient (Wildman–Crippen LogP) is 1.95. The first-order valence-electron chi connectivity index (χ1n) is 6.13. The molecule has 0 radical (unpaired) electrons. The Bertz CT molecular complexity index is 239. The first-order valence-corrected chi connectivity index (χ1v) is 6.13. The summed E-state index contributed by atoms with van der Waals surface area (Å²) < 4.78 is 5.64. The molecule has 1 N–H and O–H groups in total. The highest BCUT2D eigenvalue weighted by Gasteiger charge is 2.29. The molecule has 0 unspecified atom stereocenters. The standard InChI is InChI=1S/C13H21NO/c1-3-12(13-5-4-8-15-13)14-11-7-6-10(2)9-11/h1,10-14H,4-9H2,2H3/t10-,11-,12+,13-/m1/s1. The molecule has 2 rings (SSSR count). The van der Waals surface area contributed by atoms with Gasteiger partial charge in [-0.3, -0.25) is 5.32 Å². The molecule has 0 amide bonds. The van der Waals surface area contributed by atoms with E-state index in [-0.39, 0.29) is 12.1 Å². The van der Waals surface area contributed by atoms with Gasteiger partial charge in [-0.1, -0.05) is 12.8 Å². The molecule has 2 heteroatoms. The van der Waals surface area contributed by atoms with Crippen molar-refractivity contribution in [2.45, 2.75) is 57.2 Å². The van der Waals surface area contributed by atoms with Crippen LogP contribution in [0.25, 0.3) is 0 Å². The Kier molecular flexibility index (Phi) is 3.66. The third-order valence-electron chi connectivity index (χ3n) is 3.63. The highest BCUT2D eigenvalue weighted by molar-refractivity contribution is 5.05. The summed E-state index contributed by atoms with van der Waals surface area (Å²) in [6.07, 6.45) is 12.0. The van der Waals surface area contributed by atoms with E-state index in [0.29, 0.717) is 6.04 Å². The minimum Gasteiger partial charge on any atom is -0.376 e. The molecule has 0 bridgehead atoms. The molecule has 1 aliphatic heterocycles. The van der Waals surface area contributed by atoms with Crippen LogP contribution in [0, 0.1) is 18.3 Å². The number of terminal acetylenes is 1. The van der Waals surface area contributed by atoms with Crippen LogP contribution in [-0.4, -0.2) is 24.8 Å². The van der Waals surface area contributed by atoms with Gasteiger partial charge in [0, 0.05) is 12.6 Å². The molecule has 15 heavy (non-hydrogen) atoms. The van der Waals surface area contributed by atoms with Crippen molar-refractivity contribution in [3.8, 4) is 12.3 Å². The molecule has 1 heterocycles. The number of rotatable bonds is 3. The van der Waals surface area contributed by atoms with Crippen LogP contribution in [0.2, 0.25) is 0 Å². The summed E-state index contributed by atoms with van der Waals surface area (Å²) in [5.74, 6) is 3.70. The summed E-state index contributed by atoms with van der Waals surface area (Å²) in [5, 5.41) is 3.58. The van der Waals surface area contributed by atoms with Crippen LogP contribution in [0.3, 0.4) is 0 Å². The number of nitrogens with one attached hydrogen (secondary N) is 1. The van der Waals surface area contributed by atoms with E-state index in [4.69, 9.17) is 11.2 Å². The summed E-state index contributed by atoms with van der Waals surface area (Å²) in [6.45, 7) is 3.20. The van der Waals surface area contributed by atoms with Gasteiger partial charge < -0.3 is 4.74 Å². The van der Waals surface area contributed by atoms with Gasteiger partial charge in [0.25, 0.3) is 0 Å². The lowest BCUT2D eigenvalue weighted by Crippen LogP contribution is -2.43. The zero-order valence-corrected chi connectivity index (χ0v) is 9.54. The lowest BCUT2D eigenvalue weighted by Gasteiger charge is -2.23. The predicted molar refractivity (Wildman–Crippen MR) is 61.5 cm³/mol. The molecule has 1 saturated carbocycles. The third-order valence-corrected chi connectivity index (χ3v) is 3.63. The topological polar surface area (TPSA) is 21.3 Å². The Morgan fingerprint density at radius 1 is 1.40 bits per heavy atom. The monoisotopic (exact) mass is 207 g/mol. The quantitative estimate of drug-likeness (QED) is 0.714. The molecule has 0 aromatic heterocycles. The summed E-state index contributed by atoms with van der Waals surface area (Å²) in [4.78, 5) is 0. The van der Waals surface area contributed by atoms with Crippen molar-refractivity contribution in [3.05, 3.63) is 0 Å². The fraction of sp³-hybridized carbons (Fsp3) is 0.846. The first kappa shape index (κ1) is 11.0. The Hall–Kier alpha value is -0.520. The molecule has 4 atom stereocenters. The zero-order chi connectivity index (χ0) is 10.7. The second-order valence-electron chi connectivity index (χ2n) is 4.98. The van der Waals surface area contributed by atoms with E-state index >= 15 is 0 Å². The van der Waals surface area contributed by atoms with Crippen LogP contribution >= 0.6 is 0 Å². The maximum Gasteiger partial charge on any atom is 0.0954 e. The zero-order valence-electron chi connectivity index (χ0n) is 9.54. The molecule has 2 nitrogen and oxygen atoms in total. The van der Waals surface area contributed by atoms with Crippen LogP contribution < -0.4 is 5.32 Å². The molecule has 0 aromatic rings. The van der Waals surface area contributed by atoms with Crippen molar-refractivity contribution in [1.82, 2.24) is 5.32 Å². The Morgan fingerprint density at radius 2 is 2.27 bits per heavy atom. The lowest BCUT2D eigenvalue weighted by molar-refractivity contribution is 0.0903. The van der Waals surface area contributed by atoms with E-state index in [1.807, 2.05) is 0 Å². The minimum absolute atomic E-state index is 0.128. The highest BCUT2D eigenvalue weighted by atomic mass is 16.5. The van der Waals surface area contributed by atoms with Gasteiger partial charge in [-0.2, -0.15) is 0 Å². The fourth-order valence-corrected chi connectivity index (χ4v) is 2.74. The molecule has 1 aliphatic carbocycles. The highest BCUT2D eigenvalue weighted by Crippen LogP contribution is 2.26. The maximum atomic E-state index is 5.64. The SMILES string of the molecule is C#C[C@H](N[C@@H]1CC[C@@H](C)C1)[C@H]1CCCO1. The van der Waals surface area contributed by atoms with Gasteiger partial charge in [-0.05, 0) is 38.0 Å². The second kappa shape index (κ2) is 5.01. The lowest BCUT2D eigenvalue weighted by atomic mass is 10.1. The Labute approximate surface area is 92.8 Å². The van der Waals surface area contributed by atoms with Crippen LogP contribution in [0.1, 0.15) is 39.0 Å². The van der Waals surface area contributed by atoms with Crippen molar-refractivity contribution < 1.29 is 4.74 Å². The van der Waals surface area contributed by atoms with E-state index < -0.39 is 0 Å². The smallest absolute Gasteiger partial charge is 0.0954 e. The summed E-state index contributed by atoms with van der Waals surface area (Å²) in [5.41, 5.74) is 0. The van der Waals surface area contributed by atoms with Crippen molar-refractivity contribution >= 4 is 0 Å². The second-order valence-corrected chi connectivity index (χ2v) is 4.98. The minimum atomic E-state index is 0.128. The normalized spacial score (nSPS) is 37.7. The summed E-state index contributed by atoms with van der Waals surface area (Å²) >= 11 is 0. The third kappa shape index (κ3) is 2.74. The average Bonchev–Trinajstić information content (AvgIpc) is 2.85. The molecule has 0 spiro atoms. The van der Waals surface area contributed by atoms with Crippen LogP contribution in [-0.2, 0) is 4.74 Å². The molecular weight excluding hydrogens is 186 g/mol. The Balaban J connectivity index is 1.83. The molecule has 2 fully saturated rings. The van der Waals surface area contributed by atoms with Gasteiger partial charge >= 0.3 is 0 Å². The summed E-state index contributed by atoms with van der Waals surface area (Å²) in [7, 11) is 0. The van der Waals surface area contributed by atoms with Crippen LogP contribution in [0.15, 0.2) is 0 Å². The molecular formula is C13H21NO. The maximum absolute atomic E-state index is 5.64. The van der Waals surface area contributed by atoms with Gasteiger partial charge in [-0.25, -0.2) is 0 Å². The van der Waals surface area contributed by atoms with E-state index in [1.54, 1.807) is 0 Å². The van der Waals surface area contributed by atoms with Crippen LogP contribution in [0.5, 0.6) is 0 Å². The average molecular weight is 207 g/mol. The van der Waals surface area contributed by atoms with Gasteiger partial charge in [-0.15, -0.1) is 6.42 Å². The van der Waals surface area contributed by atoms with Gasteiger partial charge in [0.15, 0.2) is 0 Å². The van der Waals surface area contributed by atoms with E-state index in [2.05, 4.69) is 18.2 Å². The van der Waals surface area contributed by atoms with Crippen LogP contribution in [0.4, 0.5) is 0 Å². The van der Waals surface area contributed by atoms with Gasteiger partial charge in [0.05, 0.1) is 12.1 Å². The molecule has 84 valence electrons. The molecule has 0 aromatic carbocycles. The van der Waals surface area contributed by atoms with Gasteiger partial charge in [0.2, 0.25) is 0 Å². The fourth-order valence-electron chi connectivity index (χ4n) is 2.74. The number of hydrogen-bond donors (Lipinski definition) is 1. The van der Waals surface area contributed by atoms with Crippen molar-refractivity contribution in [3.63, 3.8) is 0 Å². The van der Waals surface area contributed by atoms with Crippen molar-refractivity contribution in [1.29, 1.82) is 0 Å². The van der Waals surface area contributed by atoms with Gasteiger partial charge in [0.1, 0.15) is 0 Å². The van der Waals surface area contributed by atoms with E-state index in [1.165, 1.54) is 19.3 Å². The largest absolute Gasteiger partial charge is 0.376 e. The van der Waals surface area contributed by atoms with Crippen molar-refractivity contribution in [2.75, 3.05) is 6.61 Å². The Morgan fingerprint density at radius 3 is 2.80 bits per heavy atom. The number of ether oxygens (including phenoxy) is 1. The molecule has 2 aliphatic rings. The first-order chi connectivity index (χ1) is 7.29. The number of hydrogen-bond acceptors (Lipinski definition) is 2. The van der Waals surface area contributed by atoms with E-state index in [9.17, 15) is 0 Å². The van der Waals surface area contributed by atoms with E-state index in [0.717, 1.165) is 25.4 Å². The molecule has 1 saturated heterocycles. The van der Waals surface area contributed by atoms with Crippen molar-refractivity contribution in [2.24, 2.45) is 5.92 Å². The summed E-state index contributed by atoms with van der Waals surface area (Å²) in [6, 6.07) is 0.744.